The van der Waals surface area contributed by atoms with Crippen LogP contribution in [0.25, 0.3) is 0 Å². The molecule has 0 unspecified atom stereocenters. The number of nitrogens with two attached hydrogens (primary N) is 1. The third-order valence-electron chi connectivity index (χ3n) is 5.39. The first-order valence-corrected chi connectivity index (χ1v) is 11.1. The van der Waals surface area contributed by atoms with Crippen LogP contribution in [0.4, 0.5) is 0 Å². The minimum atomic E-state index is -0.668. The first-order chi connectivity index (χ1) is 13.5. The van der Waals surface area contributed by atoms with Gasteiger partial charge >= 0.3 is 0 Å². The van der Waals surface area contributed by atoms with E-state index in [1.807, 2.05) is 13.8 Å². The predicted molar refractivity (Wildman–Crippen MR) is 110 cm³/mol. The van der Waals surface area contributed by atoms with E-state index in [4.69, 9.17) is 29.4 Å². The minimum Gasteiger partial charge on any atom is -0.374 e. The van der Waals surface area contributed by atoms with Gasteiger partial charge < -0.3 is 29.4 Å². The van der Waals surface area contributed by atoms with Crippen molar-refractivity contribution in [3.63, 3.8) is 0 Å². The topological polar surface area (TPSA) is 72.2 Å². The van der Waals surface area contributed by atoms with Gasteiger partial charge in [-0.05, 0) is 20.3 Å². The second-order valence-electron chi connectivity index (χ2n) is 8.35. The molecule has 0 aromatic heterocycles. The van der Waals surface area contributed by atoms with Gasteiger partial charge in [-0.15, -0.1) is 6.58 Å². The van der Waals surface area contributed by atoms with Gasteiger partial charge in [0.15, 0.2) is 12.1 Å². The van der Waals surface area contributed by atoms with E-state index in [9.17, 15) is 0 Å². The lowest BCUT2D eigenvalue weighted by atomic mass is 9.95. The second-order valence-corrected chi connectivity index (χ2v) is 8.35. The van der Waals surface area contributed by atoms with E-state index < -0.39 is 18.1 Å². The van der Waals surface area contributed by atoms with E-state index in [-0.39, 0.29) is 18.3 Å². The number of hydrogen-bond acceptors (Lipinski definition) is 6. The summed E-state index contributed by atoms with van der Waals surface area (Å²) in [5, 5.41) is 0. The molecule has 2 saturated heterocycles. The molecule has 28 heavy (non-hydrogen) atoms. The van der Waals surface area contributed by atoms with Gasteiger partial charge in [-0.3, -0.25) is 0 Å². The van der Waals surface area contributed by atoms with E-state index in [1.165, 1.54) is 44.9 Å². The van der Waals surface area contributed by atoms with Crippen LogP contribution in [0.5, 0.6) is 0 Å². The van der Waals surface area contributed by atoms with Crippen LogP contribution < -0.4 is 5.73 Å². The molecule has 5 atom stereocenters. The zero-order chi connectivity index (χ0) is 20.4. The van der Waals surface area contributed by atoms with Crippen LogP contribution >= 0.6 is 0 Å². The fourth-order valence-electron chi connectivity index (χ4n) is 3.82. The van der Waals surface area contributed by atoms with Crippen molar-refractivity contribution < 1.29 is 23.7 Å². The molecule has 6 nitrogen and oxygen atoms in total. The largest absolute Gasteiger partial charge is 0.374 e. The molecule has 6 heteroatoms. The van der Waals surface area contributed by atoms with E-state index in [1.54, 1.807) is 6.08 Å². The van der Waals surface area contributed by atoms with Crippen molar-refractivity contribution in [2.24, 2.45) is 5.73 Å². The zero-order valence-electron chi connectivity index (χ0n) is 18.1. The lowest BCUT2D eigenvalue weighted by Crippen LogP contribution is -2.67. The second kappa shape index (κ2) is 12.3. The molecule has 0 aliphatic carbocycles. The standard InChI is InChI=1S/C22H41NO5/c1-5-7-8-9-10-11-12-13-15-24-20-18(23)21(25-14-6-2)27-17-16-26-22(3,4)28-19(17)20/h6,17-21H,2,5,7-16,23H2,1,3-4H3/t17-,18-,19-,20-,21-/m1/s1. The third-order valence-corrected chi connectivity index (χ3v) is 5.39. The average Bonchev–Trinajstić information content (AvgIpc) is 2.66. The van der Waals surface area contributed by atoms with Crippen LogP contribution in [0.1, 0.15) is 72.1 Å². The molecule has 2 aliphatic heterocycles. The van der Waals surface area contributed by atoms with Crippen LogP contribution in [0, 0.1) is 0 Å². The molecule has 0 radical (unpaired) electrons. The monoisotopic (exact) mass is 399 g/mol. The van der Waals surface area contributed by atoms with Gasteiger partial charge in [-0.25, -0.2) is 0 Å². The normalized spacial score (nSPS) is 32.1. The summed E-state index contributed by atoms with van der Waals surface area (Å²) < 4.78 is 29.8. The molecule has 0 aromatic carbocycles. The van der Waals surface area contributed by atoms with Gasteiger partial charge in [0.25, 0.3) is 0 Å². The van der Waals surface area contributed by atoms with Gasteiger partial charge in [0, 0.05) is 6.61 Å². The number of unbranched alkanes of at least 4 members (excludes halogenated alkanes) is 7. The molecule has 0 amide bonds. The number of rotatable bonds is 13. The molecule has 0 spiro atoms. The third kappa shape index (κ3) is 7.39. The first-order valence-electron chi connectivity index (χ1n) is 11.1. The maximum absolute atomic E-state index is 6.44. The highest BCUT2D eigenvalue weighted by Crippen LogP contribution is 2.33. The highest BCUT2D eigenvalue weighted by Gasteiger charge is 2.51. The van der Waals surface area contributed by atoms with Crippen molar-refractivity contribution in [3.05, 3.63) is 12.7 Å². The zero-order valence-corrected chi connectivity index (χ0v) is 18.1. The van der Waals surface area contributed by atoms with Crippen molar-refractivity contribution in [2.75, 3.05) is 19.8 Å². The minimum absolute atomic E-state index is 0.244. The van der Waals surface area contributed by atoms with Gasteiger partial charge in [-0.1, -0.05) is 57.9 Å². The Morgan fingerprint density at radius 3 is 2.43 bits per heavy atom. The summed E-state index contributed by atoms with van der Waals surface area (Å²) in [6.45, 7) is 11.3. The highest BCUT2D eigenvalue weighted by atomic mass is 16.8. The number of fused-ring (bicyclic) bond motifs is 1. The molecule has 0 bridgehead atoms. The van der Waals surface area contributed by atoms with Crippen molar-refractivity contribution in [1.82, 2.24) is 0 Å². The summed E-state index contributed by atoms with van der Waals surface area (Å²) in [5.41, 5.74) is 6.44. The Hall–Kier alpha value is -0.500. The molecule has 164 valence electrons. The molecule has 2 N–H and O–H groups in total. The van der Waals surface area contributed by atoms with Gasteiger partial charge in [0.05, 0.1) is 19.3 Å². The van der Waals surface area contributed by atoms with Crippen LogP contribution in [0.2, 0.25) is 0 Å². The molecular weight excluding hydrogens is 358 g/mol. The lowest BCUT2D eigenvalue weighted by molar-refractivity contribution is -0.369. The molecule has 2 rings (SSSR count). The highest BCUT2D eigenvalue weighted by molar-refractivity contribution is 4.96. The van der Waals surface area contributed by atoms with E-state index in [0.717, 1.165) is 6.42 Å². The molecule has 2 aliphatic rings. The van der Waals surface area contributed by atoms with Crippen LogP contribution in [0.3, 0.4) is 0 Å². The number of hydrogen-bond donors (Lipinski definition) is 1. The maximum Gasteiger partial charge on any atom is 0.176 e. The van der Waals surface area contributed by atoms with Crippen LogP contribution in [-0.2, 0) is 23.7 Å². The Balaban J connectivity index is 1.80. The Labute approximate surface area is 171 Å². The quantitative estimate of drug-likeness (QED) is 0.374. The summed E-state index contributed by atoms with van der Waals surface area (Å²) in [4.78, 5) is 0. The van der Waals surface area contributed by atoms with E-state index in [2.05, 4.69) is 13.5 Å². The Bertz CT molecular complexity index is 445. The molecule has 0 aromatic rings. The Kier molecular flexibility index (Phi) is 10.4. The van der Waals surface area contributed by atoms with Gasteiger partial charge in [0.2, 0.25) is 0 Å². The van der Waals surface area contributed by atoms with E-state index >= 15 is 0 Å². The summed E-state index contributed by atoms with van der Waals surface area (Å²) in [7, 11) is 0. The SMILES string of the molecule is C=CCO[C@@H]1O[C@@H]2COC(C)(C)O[C@H]2[C@H](OCCCCCCCCCC)[C@H]1N. The van der Waals surface area contributed by atoms with Crippen molar-refractivity contribution in [2.45, 2.75) is 109 Å². The summed E-state index contributed by atoms with van der Waals surface area (Å²) in [6, 6.07) is -0.413. The van der Waals surface area contributed by atoms with Crippen LogP contribution in [0.15, 0.2) is 12.7 Å². The smallest absolute Gasteiger partial charge is 0.176 e. The van der Waals surface area contributed by atoms with Crippen molar-refractivity contribution in [3.8, 4) is 0 Å². The molecule has 2 heterocycles. The lowest BCUT2D eigenvalue weighted by Gasteiger charge is -2.50. The summed E-state index contributed by atoms with van der Waals surface area (Å²) in [5.74, 6) is -0.668. The molecule has 0 saturated carbocycles. The molecule has 2 fully saturated rings. The fraction of sp³-hybridized carbons (Fsp3) is 0.909. The first kappa shape index (κ1) is 23.8. The Morgan fingerprint density at radius 1 is 1.07 bits per heavy atom. The van der Waals surface area contributed by atoms with Crippen molar-refractivity contribution in [1.29, 1.82) is 0 Å². The predicted octanol–water partition coefficient (Wildman–Crippen LogP) is 3.92. The summed E-state index contributed by atoms with van der Waals surface area (Å²) in [6.07, 6.45) is 10.5. The van der Waals surface area contributed by atoms with E-state index in [0.29, 0.717) is 19.8 Å². The van der Waals surface area contributed by atoms with Crippen LogP contribution in [-0.4, -0.2) is 56.3 Å². The molecular formula is C22H41NO5. The van der Waals surface area contributed by atoms with Gasteiger partial charge in [-0.2, -0.15) is 0 Å². The summed E-state index contributed by atoms with van der Waals surface area (Å²) >= 11 is 0. The maximum atomic E-state index is 6.44. The number of ether oxygens (including phenoxy) is 5. The Morgan fingerprint density at radius 2 is 1.75 bits per heavy atom. The fourth-order valence-corrected chi connectivity index (χ4v) is 3.82. The average molecular weight is 400 g/mol. The van der Waals surface area contributed by atoms with Crippen molar-refractivity contribution >= 4 is 0 Å². The van der Waals surface area contributed by atoms with Gasteiger partial charge in [0.1, 0.15) is 18.3 Å².